The third-order valence-electron chi connectivity index (χ3n) is 6.80. The largest absolute Gasteiger partial charge is 0.547 e. The van der Waals surface area contributed by atoms with E-state index >= 15 is 0 Å². The van der Waals surface area contributed by atoms with Crippen molar-refractivity contribution >= 4 is 36.8 Å². The van der Waals surface area contributed by atoms with Gasteiger partial charge in [-0.25, -0.2) is 14.0 Å². The van der Waals surface area contributed by atoms with Crippen LogP contribution in [-0.2, 0) is 20.8 Å². The first-order valence-electron chi connectivity index (χ1n) is 12.7. The smallest absolute Gasteiger partial charge is 0.534 e. The highest BCUT2D eigenvalue weighted by atomic mass is 19.2. The van der Waals surface area contributed by atoms with Gasteiger partial charge in [0.2, 0.25) is 11.7 Å². The zero-order valence-electron chi connectivity index (χ0n) is 21.9. The van der Waals surface area contributed by atoms with Gasteiger partial charge < -0.3 is 41.2 Å². The highest BCUT2D eigenvalue weighted by Gasteiger charge is 2.41. The van der Waals surface area contributed by atoms with E-state index in [4.69, 9.17) is 10.4 Å². The van der Waals surface area contributed by atoms with Crippen molar-refractivity contribution in [3.63, 3.8) is 0 Å². The lowest BCUT2D eigenvalue weighted by Gasteiger charge is -2.34. The van der Waals surface area contributed by atoms with Crippen molar-refractivity contribution in [1.29, 1.82) is 0 Å². The molecular weight excluding hydrogens is 563 g/mol. The maximum absolute atomic E-state index is 14.9. The minimum Gasteiger partial charge on any atom is -0.534 e. The Morgan fingerprint density at radius 3 is 2.55 bits per heavy atom. The summed E-state index contributed by atoms with van der Waals surface area (Å²) in [5.41, 5.74) is 4.77. The second-order valence-corrected chi connectivity index (χ2v) is 9.50. The molecule has 7 N–H and O–H groups in total. The predicted octanol–water partition coefficient (Wildman–Crippen LogP) is -0.721. The number of amides is 5. The summed E-state index contributed by atoms with van der Waals surface area (Å²) >= 11 is 0. The number of phenols is 1. The fourth-order valence-electron chi connectivity index (χ4n) is 4.61. The second-order valence-electron chi connectivity index (χ2n) is 9.50. The summed E-state index contributed by atoms with van der Waals surface area (Å²) in [5, 5.41) is 33.9. The average molecular weight is 589 g/mol. The van der Waals surface area contributed by atoms with Gasteiger partial charge in [0, 0.05) is 25.2 Å². The number of phenolic OH excluding ortho intramolecular Hbond substituents is 1. The van der Waals surface area contributed by atoms with Crippen molar-refractivity contribution in [1.82, 2.24) is 20.4 Å². The van der Waals surface area contributed by atoms with Gasteiger partial charge >= 0.3 is 30.9 Å². The van der Waals surface area contributed by atoms with Crippen LogP contribution in [-0.4, -0.2) is 94.0 Å². The van der Waals surface area contributed by atoms with Gasteiger partial charge in [-0.05, 0) is 43.1 Å². The summed E-state index contributed by atoms with van der Waals surface area (Å²) in [6, 6.07) is 2.46. The number of nitrogens with zero attached hydrogens (tertiary/aromatic N) is 2. The molecule has 14 nitrogen and oxygen atoms in total. The number of nitrogens with two attached hydrogens (primary N) is 1. The van der Waals surface area contributed by atoms with E-state index in [-0.39, 0.29) is 43.9 Å². The number of para-hydroxylation sites is 1. The minimum atomic E-state index is -2.02. The molecule has 0 bridgehead atoms. The molecule has 1 fully saturated rings. The van der Waals surface area contributed by atoms with Crippen LogP contribution in [0.5, 0.6) is 11.5 Å². The summed E-state index contributed by atoms with van der Waals surface area (Å²) in [6.07, 6.45) is 0.270. The molecule has 0 aromatic heterocycles. The number of carboxylic acids is 1. The fraction of sp³-hybridized carbons (Fsp3) is 0.320. The van der Waals surface area contributed by atoms with Crippen molar-refractivity contribution in [3.05, 3.63) is 58.7 Å². The Morgan fingerprint density at radius 2 is 1.86 bits per heavy atom. The number of piperazine rings is 1. The Morgan fingerprint density at radius 1 is 1.12 bits per heavy atom. The number of hydrogen-bond acceptors (Lipinski definition) is 9. The summed E-state index contributed by atoms with van der Waals surface area (Å²) in [6.45, 7) is 0.156. The van der Waals surface area contributed by atoms with E-state index in [1.807, 2.05) is 0 Å². The first kappa shape index (κ1) is 30.2. The molecule has 2 atom stereocenters. The molecule has 0 saturated carbocycles. The van der Waals surface area contributed by atoms with Crippen molar-refractivity contribution in [2.45, 2.75) is 24.8 Å². The standard InChI is InChI=1S/C25H26BF2N5O9/c27-17-13(5-6-15(34)18(17)28)19(31-25(40)33-10-9-32(8-2-7-29)22(36)23(33)37)21(35)30-16-11-12-3-1-4-14(24(38)39)20(12)42-26(16)41/h1,3-6,16,19,34,41H,2,7-11,29H2,(H,30,35)(H,31,40)(H,38,39)/t16-,19-/m0/s1. The Kier molecular flexibility index (Phi) is 8.92. The zero-order chi connectivity index (χ0) is 30.7. The van der Waals surface area contributed by atoms with E-state index in [1.165, 1.54) is 23.1 Å². The van der Waals surface area contributed by atoms with E-state index in [0.717, 1.165) is 12.1 Å². The maximum Gasteiger partial charge on any atom is 0.547 e. The van der Waals surface area contributed by atoms with E-state index in [2.05, 4.69) is 10.6 Å². The average Bonchev–Trinajstić information content (AvgIpc) is 2.95. The number of carboxylic acid groups (broad SMARTS) is 1. The first-order valence-corrected chi connectivity index (χ1v) is 12.7. The van der Waals surface area contributed by atoms with Crippen LogP contribution in [0, 0.1) is 11.6 Å². The third-order valence-corrected chi connectivity index (χ3v) is 6.80. The molecule has 0 aliphatic carbocycles. The van der Waals surface area contributed by atoms with Gasteiger partial charge in [-0.2, -0.15) is 4.39 Å². The molecule has 17 heteroatoms. The molecule has 2 aliphatic heterocycles. The number of rotatable bonds is 8. The van der Waals surface area contributed by atoms with Gasteiger partial charge in [0.1, 0.15) is 11.8 Å². The highest BCUT2D eigenvalue weighted by molar-refractivity contribution is 6.47. The molecule has 1 saturated heterocycles. The number of benzene rings is 2. The van der Waals surface area contributed by atoms with Gasteiger partial charge in [-0.1, -0.05) is 12.1 Å². The van der Waals surface area contributed by atoms with Crippen molar-refractivity contribution < 1.29 is 52.6 Å². The number of carbonyl (C=O) groups excluding carboxylic acids is 4. The monoisotopic (exact) mass is 589 g/mol. The Labute approximate surface area is 237 Å². The van der Waals surface area contributed by atoms with Gasteiger partial charge in [0.15, 0.2) is 11.6 Å². The normalized spacial score (nSPS) is 17.3. The molecule has 0 radical (unpaired) electrons. The van der Waals surface area contributed by atoms with Gasteiger partial charge in [-0.15, -0.1) is 0 Å². The SMILES string of the molecule is NCCCN1CCN(C(=O)N[C@H](C(=O)N[C@H]2Cc3cccc(C(=O)O)c3OB2O)c2ccc(O)c(F)c2F)C(=O)C1=O. The number of halogens is 2. The van der Waals surface area contributed by atoms with Gasteiger partial charge in [0.05, 0.1) is 11.5 Å². The van der Waals surface area contributed by atoms with Crippen LogP contribution >= 0.6 is 0 Å². The number of carbonyl (C=O) groups is 5. The maximum atomic E-state index is 14.9. The Balaban J connectivity index is 1.58. The molecule has 2 aromatic rings. The fourth-order valence-corrected chi connectivity index (χ4v) is 4.61. The lowest BCUT2D eigenvalue weighted by atomic mass is 9.72. The van der Waals surface area contributed by atoms with Gasteiger partial charge in [-0.3, -0.25) is 19.3 Å². The van der Waals surface area contributed by atoms with E-state index in [9.17, 15) is 48.0 Å². The molecular formula is C25H26BF2N5O9. The lowest BCUT2D eigenvalue weighted by Crippen LogP contribution is -2.60. The number of aromatic hydroxyl groups is 1. The first-order chi connectivity index (χ1) is 19.9. The number of hydrogen-bond donors (Lipinski definition) is 6. The molecule has 0 unspecified atom stereocenters. The quantitative estimate of drug-likeness (QED) is 0.168. The van der Waals surface area contributed by atoms with Crippen molar-refractivity contribution in [2.75, 3.05) is 26.2 Å². The molecule has 4 rings (SSSR count). The number of imide groups is 1. The van der Waals surface area contributed by atoms with Crippen LogP contribution < -0.4 is 21.0 Å². The van der Waals surface area contributed by atoms with E-state index in [0.29, 0.717) is 16.9 Å². The van der Waals surface area contributed by atoms with Crippen LogP contribution in [0.15, 0.2) is 30.3 Å². The molecule has 222 valence electrons. The molecule has 42 heavy (non-hydrogen) atoms. The molecule has 2 aromatic carbocycles. The minimum absolute atomic E-state index is 0.0274. The topological polar surface area (TPSA) is 212 Å². The molecule has 2 heterocycles. The van der Waals surface area contributed by atoms with E-state index < -0.39 is 71.8 Å². The van der Waals surface area contributed by atoms with Crippen LogP contribution in [0.4, 0.5) is 13.6 Å². The van der Waals surface area contributed by atoms with Crippen LogP contribution in [0.3, 0.4) is 0 Å². The molecule has 2 aliphatic rings. The number of urea groups is 1. The zero-order valence-corrected chi connectivity index (χ0v) is 21.9. The van der Waals surface area contributed by atoms with Crippen LogP contribution in [0.25, 0.3) is 0 Å². The summed E-state index contributed by atoms with van der Waals surface area (Å²) in [4.78, 5) is 64.8. The Bertz CT molecular complexity index is 1450. The van der Waals surface area contributed by atoms with Gasteiger partial charge in [0.25, 0.3) is 0 Å². The van der Waals surface area contributed by atoms with Crippen LogP contribution in [0.1, 0.15) is 33.9 Å². The second kappa shape index (κ2) is 12.4. The number of aromatic carboxylic acids is 1. The summed E-state index contributed by atoms with van der Waals surface area (Å²) < 4.78 is 34.5. The van der Waals surface area contributed by atoms with E-state index in [1.54, 1.807) is 0 Å². The Hall–Kier alpha value is -4.77. The summed E-state index contributed by atoms with van der Waals surface area (Å²) in [7, 11) is -1.78. The predicted molar refractivity (Wildman–Crippen MR) is 139 cm³/mol. The molecule has 0 spiro atoms. The lowest BCUT2D eigenvalue weighted by molar-refractivity contribution is -0.153. The van der Waals surface area contributed by atoms with Crippen molar-refractivity contribution in [2.24, 2.45) is 5.73 Å². The number of nitrogens with one attached hydrogen (secondary N) is 2. The van der Waals surface area contributed by atoms with Crippen LogP contribution in [0.2, 0.25) is 0 Å². The highest BCUT2D eigenvalue weighted by Crippen LogP contribution is 2.31. The molecule has 5 amide bonds. The third kappa shape index (κ3) is 5.96. The van der Waals surface area contributed by atoms with Crippen molar-refractivity contribution in [3.8, 4) is 11.5 Å². The number of fused-ring (bicyclic) bond motifs is 1. The summed E-state index contributed by atoms with van der Waals surface area (Å²) in [5.74, 6) is -10.5.